The molecular weight excluding hydrogens is 298 g/mol. The number of hydrogen-bond donors (Lipinski definition) is 0. The van der Waals surface area contributed by atoms with E-state index >= 15 is 0 Å². The van der Waals surface area contributed by atoms with Crippen molar-refractivity contribution in [3.63, 3.8) is 0 Å². The lowest BCUT2D eigenvalue weighted by molar-refractivity contribution is 0.611. The van der Waals surface area contributed by atoms with Crippen LogP contribution in [-0.4, -0.2) is 4.37 Å². The van der Waals surface area contributed by atoms with Crippen molar-refractivity contribution in [2.24, 2.45) is 0 Å². The molecule has 0 aliphatic heterocycles. The van der Waals surface area contributed by atoms with Crippen LogP contribution in [0.2, 0.25) is 0 Å². The second-order valence-corrected chi connectivity index (χ2v) is 7.34. The molecule has 2 aliphatic carbocycles. The van der Waals surface area contributed by atoms with Crippen LogP contribution in [0, 0.1) is 0 Å². The van der Waals surface area contributed by atoms with Gasteiger partial charge in [-0.05, 0) is 82.7 Å². The Kier molecular flexibility index (Phi) is 3.12. The Morgan fingerprint density at radius 2 is 1.87 bits per heavy atom. The first-order valence-electron chi connectivity index (χ1n) is 8.56. The summed E-state index contributed by atoms with van der Waals surface area (Å²) in [6, 6.07) is 11.6. The monoisotopic (exact) mass is 317 g/mol. The molecule has 5 rings (SSSR count). The summed E-state index contributed by atoms with van der Waals surface area (Å²) >= 11 is 1.57. The van der Waals surface area contributed by atoms with Gasteiger partial charge in [0, 0.05) is 11.3 Å². The van der Waals surface area contributed by atoms with E-state index in [-0.39, 0.29) is 0 Å². The van der Waals surface area contributed by atoms with Crippen LogP contribution in [0.3, 0.4) is 0 Å². The van der Waals surface area contributed by atoms with E-state index in [0.717, 1.165) is 0 Å². The molecular formula is C21H19NS. The zero-order valence-electron chi connectivity index (χ0n) is 13.1. The lowest BCUT2D eigenvalue weighted by atomic mass is 9.78. The molecule has 23 heavy (non-hydrogen) atoms. The molecule has 1 aromatic heterocycles. The highest BCUT2D eigenvalue weighted by Gasteiger charge is 2.25. The predicted molar refractivity (Wildman–Crippen MR) is 98.2 cm³/mol. The van der Waals surface area contributed by atoms with Gasteiger partial charge >= 0.3 is 0 Å². The first-order chi connectivity index (χ1) is 11.4. The maximum absolute atomic E-state index is 4.62. The second kappa shape index (κ2) is 5.31. The summed E-state index contributed by atoms with van der Waals surface area (Å²) in [4.78, 5) is 0. The predicted octanol–water partition coefficient (Wildman–Crippen LogP) is 5.72. The molecule has 114 valence electrons. The van der Waals surface area contributed by atoms with Gasteiger partial charge in [0.2, 0.25) is 0 Å². The van der Waals surface area contributed by atoms with Crippen LogP contribution in [0.4, 0.5) is 0 Å². The van der Waals surface area contributed by atoms with Crippen molar-refractivity contribution in [2.45, 2.75) is 38.0 Å². The van der Waals surface area contributed by atoms with Crippen LogP contribution in [0.1, 0.15) is 53.1 Å². The van der Waals surface area contributed by atoms with Gasteiger partial charge in [-0.1, -0.05) is 36.4 Å². The number of rotatable bonds is 1. The lowest BCUT2D eigenvalue weighted by Crippen LogP contribution is -2.12. The van der Waals surface area contributed by atoms with E-state index in [9.17, 15) is 0 Å². The molecule has 0 bridgehead atoms. The van der Waals surface area contributed by atoms with E-state index in [1.807, 2.05) is 0 Å². The van der Waals surface area contributed by atoms with Gasteiger partial charge in [0.25, 0.3) is 0 Å². The molecule has 0 radical (unpaired) electrons. The van der Waals surface area contributed by atoms with E-state index in [1.54, 1.807) is 22.7 Å². The average Bonchev–Trinajstić information content (AvgIpc) is 3.15. The van der Waals surface area contributed by atoms with Gasteiger partial charge < -0.3 is 0 Å². The fourth-order valence-corrected chi connectivity index (χ4v) is 4.96. The summed E-state index contributed by atoms with van der Waals surface area (Å²) in [6.07, 6.45) is 10.6. The third-order valence-electron chi connectivity index (χ3n) is 5.46. The molecule has 2 aromatic carbocycles. The van der Waals surface area contributed by atoms with Gasteiger partial charge in [0.1, 0.15) is 0 Å². The molecule has 1 nitrogen and oxygen atoms in total. The normalized spacial score (nSPS) is 19.6. The van der Waals surface area contributed by atoms with Crippen molar-refractivity contribution in [1.29, 1.82) is 0 Å². The SMILES string of the molecule is C1=Cc2ccc3c4c(ccc3c2CC1)C(c1ccsn1)CCC4. The first kappa shape index (κ1) is 13.5. The van der Waals surface area contributed by atoms with Gasteiger partial charge in [-0.15, -0.1) is 0 Å². The number of nitrogens with zero attached hydrogens (tertiary/aromatic N) is 1. The largest absolute Gasteiger partial charge is 0.197 e. The number of aromatic nitrogens is 1. The number of aryl methyl sites for hydroxylation is 2. The average molecular weight is 317 g/mol. The molecule has 0 saturated carbocycles. The highest BCUT2D eigenvalue weighted by atomic mass is 32.1. The number of benzene rings is 2. The molecule has 0 saturated heterocycles. The number of allylic oxidation sites excluding steroid dienone is 1. The quantitative estimate of drug-likeness (QED) is 0.559. The molecule has 1 atom stereocenters. The zero-order valence-corrected chi connectivity index (χ0v) is 13.9. The van der Waals surface area contributed by atoms with Crippen LogP contribution < -0.4 is 0 Å². The lowest BCUT2D eigenvalue weighted by Gasteiger charge is -2.27. The molecule has 0 spiro atoms. The number of fused-ring (bicyclic) bond motifs is 5. The fraction of sp³-hybridized carbons (Fsp3) is 0.286. The maximum atomic E-state index is 4.62. The molecule has 2 aliphatic rings. The minimum atomic E-state index is 0.491. The zero-order chi connectivity index (χ0) is 15.2. The van der Waals surface area contributed by atoms with Crippen molar-refractivity contribution in [1.82, 2.24) is 4.37 Å². The Balaban J connectivity index is 1.74. The van der Waals surface area contributed by atoms with E-state index in [1.165, 1.54) is 59.7 Å². The van der Waals surface area contributed by atoms with Crippen LogP contribution in [-0.2, 0) is 12.8 Å². The van der Waals surface area contributed by atoms with Crippen molar-refractivity contribution in [3.05, 3.63) is 69.7 Å². The second-order valence-electron chi connectivity index (χ2n) is 6.67. The third kappa shape index (κ3) is 2.08. The van der Waals surface area contributed by atoms with E-state index in [0.29, 0.717) is 5.92 Å². The fourth-order valence-electron chi connectivity index (χ4n) is 4.39. The molecule has 3 aromatic rings. The highest BCUT2D eigenvalue weighted by molar-refractivity contribution is 7.03. The van der Waals surface area contributed by atoms with E-state index in [4.69, 9.17) is 0 Å². The first-order valence-corrected chi connectivity index (χ1v) is 9.39. The topological polar surface area (TPSA) is 12.9 Å². The van der Waals surface area contributed by atoms with Gasteiger partial charge in [-0.3, -0.25) is 0 Å². The Hall–Kier alpha value is -1.93. The van der Waals surface area contributed by atoms with Crippen LogP contribution in [0.15, 0.2) is 41.8 Å². The molecule has 0 amide bonds. The minimum absolute atomic E-state index is 0.491. The highest BCUT2D eigenvalue weighted by Crippen LogP contribution is 2.41. The van der Waals surface area contributed by atoms with E-state index < -0.39 is 0 Å². The Labute approximate surface area is 140 Å². The third-order valence-corrected chi connectivity index (χ3v) is 6.04. The van der Waals surface area contributed by atoms with Gasteiger partial charge in [-0.25, -0.2) is 0 Å². The van der Waals surface area contributed by atoms with Crippen LogP contribution >= 0.6 is 11.5 Å². The maximum Gasteiger partial charge on any atom is 0.0616 e. The molecule has 0 N–H and O–H groups in total. The summed E-state index contributed by atoms with van der Waals surface area (Å²) in [6.45, 7) is 0. The van der Waals surface area contributed by atoms with Crippen molar-refractivity contribution in [2.75, 3.05) is 0 Å². The van der Waals surface area contributed by atoms with Gasteiger partial charge in [-0.2, -0.15) is 4.37 Å². The molecule has 1 heterocycles. The summed E-state index contributed by atoms with van der Waals surface area (Å²) in [5, 5.41) is 5.06. The van der Waals surface area contributed by atoms with E-state index in [2.05, 4.69) is 52.2 Å². The van der Waals surface area contributed by atoms with Gasteiger partial charge in [0.05, 0.1) is 5.69 Å². The standard InChI is InChI=1S/C21H19NS/c1-2-5-15-14(4-1)8-9-18-16-6-3-7-20(21-12-13-23-22-21)19(16)11-10-17(15)18/h1,4,8-13,20H,2-3,5-7H2. The van der Waals surface area contributed by atoms with Gasteiger partial charge in [0.15, 0.2) is 0 Å². The Morgan fingerprint density at radius 3 is 2.78 bits per heavy atom. The molecule has 0 fully saturated rings. The van der Waals surface area contributed by atoms with Crippen molar-refractivity contribution in [3.8, 4) is 0 Å². The number of hydrogen-bond acceptors (Lipinski definition) is 2. The van der Waals surface area contributed by atoms with Crippen molar-refractivity contribution < 1.29 is 0 Å². The molecule has 1 unspecified atom stereocenters. The van der Waals surface area contributed by atoms with Crippen LogP contribution in [0.25, 0.3) is 16.8 Å². The molecule has 2 heteroatoms. The van der Waals surface area contributed by atoms with Crippen LogP contribution in [0.5, 0.6) is 0 Å². The summed E-state index contributed by atoms with van der Waals surface area (Å²) in [7, 11) is 0. The summed E-state index contributed by atoms with van der Waals surface area (Å²) in [5.74, 6) is 0.491. The minimum Gasteiger partial charge on any atom is -0.197 e. The summed E-state index contributed by atoms with van der Waals surface area (Å²) < 4.78 is 4.62. The summed E-state index contributed by atoms with van der Waals surface area (Å²) in [5.41, 5.74) is 7.31. The van der Waals surface area contributed by atoms with Crippen molar-refractivity contribution >= 4 is 28.4 Å². The Morgan fingerprint density at radius 1 is 0.957 bits per heavy atom. The Bertz CT molecular complexity index is 905. The smallest absolute Gasteiger partial charge is 0.0616 e.